The first-order valence-corrected chi connectivity index (χ1v) is 9.02. The number of likely N-dealkylation sites (tertiary alicyclic amines) is 1. The molecule has 132 valence electrons. The van der Waals surface area contributed by atoms with Gasteiger partial charge in [0, 0.05) is 19.5 Å². The molecule has 2 rings (SSSR count). The average molecular weight is 324 g/mol. The fourth-order valence-corrected chi connectivity index (χ4v) is 4.17. The molecule has 2 N–H and O–H groups in total. The highest BCUT2D eigenvalue weighted by Gasteiger charge is 2.36. The standard InChI is InChI=1S/C18H32N2O3/c1-18(2,3)23-17(22)20-10-8-14(9-11-20)15(12-16(19)21)13-6-4-5-7-13/h13-15H,4-12H2,1-3H3,(H2,19,21)/t15-/m0/s1. The molecule has 0 aromatic heterocycles. The highest BCUT2D eigenvalue weighted by Crippen LogP contribution is 2.40. The summed E-state index contributed by atoms with van der Waals surface area (Å²) in [6.07, 6.45) is 7.19. The molecule has 5 nitrogen and oxygen atoms in total. The van der Waals surface area contributed by atoms with Crippen LogP contribution in [0.4, 0.5) is 4.79 Å². The van der Waals surface area contributed by atoms with Crippen LogP contribution in [-0.2, 0) is 9.53 Å². The molecule has 5 heteroatoms. The molecule has 0 bridgehead atoms. The highest BCUT2D eigenvalue weighted by atomic mass is 16.6. The molecule has 2 aliphatic rings. The maximum absolute atomic E-state index is 12.2. The van der Waals surface area contributed by atoms with E-state index in [1.807, 2.05) is 20.8 Å². The van der Waals surface area contributed by atoms with Crippen molar-refractivity contribution in [2.45, 2.75) is 71.3 Å². The van der Waals surface area contributed by atoms with Gasteiger partial charge in [0.1, 0.15) is 5.60 Å². The lowest BCUT2D eigenvalue weighted by atomic mass is 9.74. The second-order valence-corrected chi connectivity index (χ2v) is 8.18. The fourth-order valence-electron chi connectivity index (χ4n) is 4.17. The molecule has 2 amide bonds. The van der Waals surface area contributed by atoms with E-state index in [-0.39, 0.29) is 12.0 Å². The number of carbonyl (C=O) groups is 2. The van der Waals surface area contributed by atoms with E-state index in [2.05, 4.69) is 0 Å². The number of ether oxygens (including phenoxy) is 1. The van der Waals surface area contributed by atoms with Gasteiger partial charge in [0.05, 0.1) is 0 Å². The number of nitrogens with two attached hydrogens (primary N) is 1. The molecule has 1 atom stereocenters. The van der Waals surface area contributed by atoms with E-state index in [1.165, 1.54) is 25.7 Å². The van der Waals surface area contributed by atoms with Crippen molar-refractivity contribution in [2.24, 2.45) is 23.5 Å². The van der Waals surface area contributed by atoms with E-state index in [1.54, 1.807) is 4.90 Å². The summed E-state index contributed by atoms with van der Waals surface area (Å²) >= 11 is 0. The first kappa shape index (κ1) is 18.1. The van der Waals surface area contributed by atoms with Crippen molar-refractivity contribution in [3.63, 3.8) is 0 Å². The SMILES string of the molecule is CC(C)(C)OC(=O)N1CCC([C@@H](CC(N)=O)C2CCCC2)CC1. The monoisotopic (exact) mass is 324 g/mol. The Morgan fingerprint density at radius 1 is 1.09 bits per heavy atom. The quantitative estimate of drug-likeness (QED) is 0.862. The van der Waals surface area contributed by atoms with E-state index >= 15 is 0 Å². The lowest BCUT2D eigenvalue weighted by molar-refractivity contribution is -0.120. The number of hydrogen-bond acceptors (Lipinski definition) is 3. The van der Waals surface area contributed by atoms with Gasteiger partial charge in [-0.1, -0.05) is 25.7 Å². The normalized spacial score (nSPS) is 22.1. The number of hydrogen-bond donors (Lipinski definition) is 1. The molecule has 1 heterocycles. The van der Waals surface area contributed by atoms with E-state index in [9.17, 15) is 9.59 Å². The zero-order valence-electron chi connectivity index (χ0n) is 14.8. The van der Waals surface area contributed by atoms with Gasteiger partial charge in [0.2, 0.25) is 5.91 Å². The second kappa shape index (κ2) is 7.54. The molecule has 1 aliphatic carbocycles. The Morgan fingerprint density at radius 2 is 1.61 bits per heavy atom. The Hall–Kier alpha value is -1.26. The van der Waals surface area contributed by atoms with Gasteiger partial charge in [-0.2, -0.15) is 0 Å². The number of primary amides is 1. The Balaban J connectivity index is 1.90. The smallest absolute Gasteiger partial charge is 0.410 e. The third kappa shape index (κ3) is 5.40. The maximum atomic E-state index is 12.2. The van der Waals surface area contributed by atoms with Gasteiger partial charge in [0.15, 0.2) is 0 Å². The molecule has 0 aromatic carbocycles. The number of rotatable bonds is 4. The van der Waals surface area contributed by atoms with Crippen LogP contribution in [-0.4, -0.2) is 35.6 Å². The zero-order valence-corrected chi connectivity index (χ0v) is 14.8. The Bertz CT molecular complexity index is 416. The first-order chi connectivity index (χ1) is 10.8. The maximum Gasteiger partial charge on any atom is 0.410 e. The van der Waals surface area contributed by atoms with Crippen molar-refractivity contribution in [1.82, 2.24) is 4.90 Å². The average Bonchev–Trinajstić information content (AvgIpc) is 2.97. The van der Waals surface area contributed by atoms with Crippen LogP contribution in [0, 0.1) is 17.8 Å². The zero-order chi connectivity index (χ0) is 17.0. The summed E-state index contributed by atoms with van der Waals surface area (Å²) in [4.78, 5) is 25.4. The minimum atomic E-state index is -0.452. The lowest BCUT2D eigenvalue weighted by Crippen LogP contribution is -2.43. The van der Waals surface area contributed by atoms with Crippen molar-refractivity contribution in [2.75, 3.05) is 13.1 Å². The second-order valence-electron chi connectivity index (χ2n) is 8.18. The predicted octanol–water partition coefficient (Wildman–Crippen LogP) is 3.32. The Morgan fingerprint density at radius 3 is 2.09 bits per heavy atom. The number of piperidine rings is 1. The third-order valence-corrected chi connectivity index (χ3v) is 5.24. The molecule has 23 heavy (non-hydrogen) atoms. The van der Waals surface area contributed by atoms with Crippen LogP contribution in [0.15, 0.2) is 0 Å². The largest absolute Gasteiger partial charge is 0.444 e. The van der Waals surface area contributed by atoms with Crippen LogP contribution in [0.5, 0.6) is 0 Å². The molecule has 0 radical (unpaired) electrons. The Kier molecular flexibility index (Phi) is 5.93. The molecule has 0 aromatic rings. The minimum Gasteiger partial charge on any atom is -0.444 e. The molecule has 2 fully saturated rings. The van der Waals surface area contributed by atoms with Gasteiger partial charge in [-0.05, 0) is 51.4 Å². The number of amides is 2. The van der Waals surface area contributed by atoms with Crippen LogP contribution in [0.2, 0.25) is 0 Å². The van der Waals surface area contributed by atoms with Gasteiger partial charge in [-0.25, -0.2) is 4.79 Å². The summed E-state index contributed by atoms with van der Waals surface area (Å²) in [6.45, 7) is 7.12. The van der Waals surface area contributed by atoms with Crippen molar-refractivity contribution in [3.8, 4) is 0 Å². The summed E-state index contributed by atoms with van der Waals surface area (Å²) in [7, 11) is 0. The molecule has 1 saturated carbocycles. The van der Waals surface area contributed by atoms with E-state index < -0.39 is 5.60 Å². The first-order valence-electron chi connectivity index (χ1n) is 9.02. The van der Waals surface area contributed by atoms with E-state index in [0.717, 1.165) is 25.9 Å². The summed E-state index contributed by atoms with van der Waals surface area (Å²) in [5.74, 6) is 1.36. The van der Waals surface area contributed by atoms with Crippen LogP contribution < -0.4 is 5.73 Å². The van der Waals surface area contributed by atoms with Crippen molar-refractivity contribution in [1.29, 1.82) is 0 Å². The Labute approximate surface area is 139 Å². The summed E-state index contributed by atoms with van der Waals surface area (Å²) in [6, 6.07) is 0. The van der Waals surface area contributed by atoms with Crippen LogP contribution >= 0.6 is 0 Å². The van der Waals surface area contributed by atoms with Gasteiger partial charge in [-0.3, -0.25) is 4.79 Å². The minimum absolute atomic E-state index is 0.184. The summed E-state index contributed by atoms with van der Waals surface area (Å²) < 4.78 is 5.45. The lowest BCUT2D eigenvalue weighted by Gasteiger charge is -2.38. The topological polar surface area (TPSA) is 72.6 Å². The summed E-state index contributed by atoms with van der Waals surface area (Å²) in [5, 5.41) is 0. The van der Waals surface area contributed by atoms with Crippen molar-refractivity contribution >= 4 is 12.0 Å². The van der Waals surface area contributed by atoms with Gasteiger partial charge in [0.25, 0.3) is 0 Å². The highest BCUT2D eigenvalue weighted by molar-refractivity contribution is 5.74. The van der Waals surface area contributed by atoms with Gasteiger partial charge >= 0.3 is 6.09 Å². The number of carbonyl (C=O) groups excluding carboxylic acids is 2. The number of nitrogens with zero attached hydrogens (tertiary/aromatic N) is 1. The molecule has 1 aliphatic heterocycles. The van der Waals surface area contributed by atoms with Crippen LogP contribution in [0.3, 0.4) is 0 Å². The van der Waals surface area contributed by atoms with Crippen molar-refractivity contribution < 1.29 is 14.3 Å². The molecule has 0 unspecified atom stereocenters. The molecular weight excluding hydrogens is 292 g/mol. The van der Waals surface area contributed by atoms with E-state index in [0.29, 0.717) is 24.2 Å². The third-order valence-electron chi connectivity index (χ3n) is 5.24. The molecular formula is C18H32N2O3. The van der Waals surface area contributed by atoms with E-state index in [4.69, 9.17) is 10.5 Å². The molecule has 1 saturated heterocycles. The van der Waals surface area contributed by atoms with Crippen LogP contribution in [0.25, 0.3) is 0 Å². The predicted molar refractivity (Wildman–Crippen MR) is 89.8 cm³/mol. The van der Waals surface area contributed by atoms with Crippen LogP contribution in [0.1, 0.15) is 65.7 Å². The van der Waals surface area contributed by atoms with Gasteiger partial charge < -0.3 is 15.4 Å². The fraction of sp³-hybridized carbons (Fsp3) is 0.889. The molecule has 0 spiro atoms. The summed E-state index contributed by atoms with van der Waals surface area (Å²) in [5.41, 5.74) is 5.04. The van der Waals surface area contributed by atoms with Gasteiger partial charge in [-0.15, -0.1) is 0 Å². The van der Waals surface area contributed by atoms with Crippen molar-refractivity contribution in [3.05, 3.63) is 0 Å².